The minimum Gasteiger partial charge on any atom is -0.310 e. The second-order valence-corrected chi connectivity index (χ2v) is 5.97. The third kappa shape index (κ3) is 3.54. The van der Waals surface area contributed by atoms with Crippen LogP contribution in [0.25, 0.3) is 0 Å². The minimum absolute atomic E-state index is 0.384. The van der Waals surface area contributed by atoms with Gasteiger partial charge < -0.3 is 5.32 Å². The van der Waals surface area contributed by atoms with Crippen LogP contribution in [-0.4, -0.2) is 6.54 Å². The van der Waals surface area contributed by atoms with Crippen molar-refractivity contribution in [2.45, 2.75) is 47.1 Å². The first-order valence-corrected chi connectivity index (χ1v) is 7.89. The Balaban J connectivity index is 2.38. The molecular weight excluding hydrogens is 254 g/mol. The van der Waals surface area contributed by atoms with Crippen molar-refractivity contribution < 1.29 is 0 Å². The van der Waals surface area contributed by atoms with E-state index in [4.69, 9.17) is 0 Å². The molecule has 0 amide bonds. The van der Waals surface area contributed by atoms with Crippen LogP contribution in [0.5, 0.6) is 0 Å². The molecule has 0 bridgehead atoms. The van der Waals surface area contributed by atoms with Gasteiger partial charge in [0.25, 0.3) is 0 Å². The monoisotopic (exact) mass is 281 g/mol. The Morgan fingerprint density at radius 3 is 2.05 bits per heavy atom. The van der Waals surface area contributed by atoms with E-state index in [1.807, 2.05) is 0 Å². The lowest BCUT2D eigenvalue weighted by molar-refractivity contribution is 0.545. The zero-order valence-electron chi connectivity index (χ0n) is 14.0. The lowest BCUT2D eigenvalue weighted by atomic mass is 9.90. The van der Waals surface area contributed by atoms with Gasteiger partial charge in [-0.1, -0.05) is 43.3 Å². The molecule has 1 unspecified atom stereocenters. The first-order valence-electron chi connectivity index (χ1n) is 7.89. The van der Waals surface area contributed by atoms with Crippen LogP contribution >= 0.6 is 0 Å². The van der Waals surface area contributed by atoms with Gasteiger partial charge in [0.2, 0.25) is 0 Å². The number of rotatable bonds is 5. The van der Waals surface area contributed by atoms with E-state index in [9.17, 15) is 0 Å². The highest BCUT2D eigenvalue weighted by molar-refractivity contribution is 5.39. The highest BCUT2D eigenvalue weighted by Gasteiger charge is 2.16. The highest BCUT2D eigenvalue weighted by Crippen LogP contribution is 2.26. The minimum atomic E-state index is 0.384. The Bertz CT molecular complexity index is 593. The van der Waals surface area contributed by atoms with Gasteiger partial charge in [-0.2, -0.15) is 0 Å². The quantitative estimate of drug-likeness (QED) is 0.829. The molecule has 1 atom stereocenters. The van der Waals surface area contributed by atoms with E-state index in [0.717, 1.165) is 13.0 Å². The molecule has 2 aromatic carbocycles. The predicted octanol–water partition coefficient (Wildman–Crippen LogP) is 4.81. The average Bonchev–Trinajstić information content (AvgIpc) is 2.45. The molecule has 21 heavy (non-hydrogen) atoms. The second kappa shape index (κ2) is 6.91. The molecule has 2 rings (SSSR count). The van der Waals surface area contributed by atoms with Crippen molar-refractivity contribution in [1.29, 1.82) is 0 Å². The van der Waals surface area contributed by atoms with Crippen molar-refractivity contribution in [2.75, 3.05) is 6.54 Å². The van der Waals surface area contributed by atoms with Gasteiger partial charge in [-0.05, 0) is 74.0 Å². The Morgan fingerprint density at radius 1 is 0.857 bits per heavy atom. The topological polar surface area (TPSA) is 12.0 Å². The molecule has 0 saturated heterocycles. The predicted molar refractivity (Wildman–Crippen MR) is 92.0 cm³/mol. The maximum Gasteiger partial charge on any atom is 0.0363 e. The molecule has 0 heterocycles. The van der Waals surface area contributed by atoms with E-state index in [2.05, 4.69) is 76.3 Å². The molecule has 0 radical (unpaired) electrons. The third-order valence-electron chi connectivity index (χ3n) is 4.53. The largest absolute Gasteiger partial charge is 0.310 e. The van der Waals surface area contributed by atoms with Crippen LogP contribution in [-0.2, 0) is 6.42 Å². The van der Waals surface area contributed by atoms with Crippen LogP contribution in [0.15, 0.2) is 36.4 Å². The van der Waals surface area contributed by atoms with Crippen LogP contribution < -0.4 is 5.32 Å². The lowest BCUT2D eigenvalue weighted by Gasteiger charge is -2.23. The number of hydrogen-bond acceptors (Lipinski definition) is 1. The molecule has 0 aliphatic heterocycles. The van der Waals surface area contributed by atoms with Crippen LogP contribution in [0.4, 0.5) is 0 Å². The van der Waals surface area contributed by atoms with Gasteiger partial charge in [0, 0.05) is 6.04 Å². The average molecular weight is 281 g/mol. The molecular formula is C20H27N. The summed E-state index contributed by atoms with van der Waals surface area (Å²) in [6, 6.07) is 13.6. The van der Waals surface area contributed by atoms with Crippen molar-refractivity contribution >= 4 is 0 Å². The molecule has 112 valence electrons. The van der Waals surface area contributed by atoms with E-state index in [1.54, 1.807) is 0 Å². The summed E-state index contributed by atoms with van der Waals surface area (Å²) in [4.78, 5) is 0. The van der Waals surface area contributed by atoms with Gasteiger partial charge >= 0.3 is 0 Å². The summed E-state index contributed by atoms with van der Waals surface area (Å²) >= 11 is 0. The Labute approximate surface area is 129 Å². The van der Waals surface area contributed by atoms with Crippen LogP contribution in [0, 0.1) is 27.7 Å². The smallest absolute Gasteiger partial charge is 0.0363 e. The summed E-state index contributed by atoms with van der Waals surface area (Å²) in [7, 11) is 0. The molecule has 0 fully saturated rings. The van der Waals surface area contributed by atoms with Gasteiger partial charge in [-0.3, -0.25) is 0 Å². The van der Waals surface area contributed by atoms with E-state index in [1.165, 1.54) is 33.4 Å². The van der Waals surface area contributed by atoms with Crippen molar-refractivity contribution in [3.63, 3.8) is 0 Å². The fourth-order valence-corrected chi connectivity index (χ4v) is 3.06. The first-order chi connectivity index (χ1) is 10.0. The zero-order chi connectivity index (χ0) is 15.4. The fraction of sp³-hybridized carbons (Fsp3) is 0.400. The summed E-state index contributed by atoms with van der Waals surface area (Å²) in [6.45, 7) is 12.0. The first kappa shape index (κ1) is 15.8. The molecule has 1 N–H and O–H groups in total. The van der Waals surface area contributed by atoms with Crippen molar-refractivity contribution in [2.24, 2.45) is 0 Å². The number of likely N-dealkylation sites (N-methyl/N-ethyl adjacent to an activating group) is 1. The standard InChI is InChI=1S/C20H27N/c1-6-21-20(18-12-8-9-14(2)17(18)5)13-19-15(3)10-7-11-16(19)4/h7-12,20-21H,6,13H2,1-5H3. The van der Waals surface area contributed by atoms with Crippen LogP contribution in [0.1, 0.15) is 46.3 Å². The fourth-order valence-electron chi connectivity index (χ4n) is 3.06. The van der Waals surface area contributed by atoms with E-state index >= 15 is 0 Å². The number of benzene rings is 2. The third-order valence-corrected chi connectivity index (χ3v) is 4.53. The molecule has 0 saturated carbocycles. The molecule has 0 aromatic heterocycles. The SMILES string of the molecule is CCNC(Cc1c(C)cccc1C)c1cccc(C)c1C. The van der Waals surface area contributed by atoms with Gasteiger partial charge in [0.15, 0.2) is 0 Å². The summed E-state index contributed by atoms with van der Waals surface area (Å²) < 4.78 is 0. The van der Waals surface area contributed by atoms with Crippen LogP contribution in [0.3, 0.4) is 0 Å². The Kier molecular flexibility index (Phi) is 5.19. The molecule has 0 spiro atoms. The summed E-state index contributed by atoms with van der Waals surface area (Å²) in [6.07, 6.45) is 1.05. The Morgan fingerprint density at radius 2 is 1.43 bits per heavy atom. The summed E-state index contributed by atoms with van der Waals surface area (Å²) in [5.74, 6) is 0. The van der Waals surface area contributed by atoms with Gasteiger partial charge in [0.05, 0.1) is 0 Å². The van der Waals surface area contributed by atoms with Crippen molar-refractivity contribution in [1.82, 2.24) is 5.32 Å². The normalized spacial score (nSPS) is 12.4. The molecule has 1 heteroatoms. The van der Waals surface area contributed by atoms with Crippen molar-refractivity contribution in [3.8, 4) is 0 Å². The zero-order valence-corrected chi connectivity index (χ0v) is 14.0. The maximum absolute atomic E-state index is 3.67. The highest BCUT2D eigenvalue weighted by atomic mass is 14.9. The van der Waals surface area contributed by atoms with E-state index in [0.29, 0.717) is 6.04 Å². The molecule has 0 aliphatic rings. The number of nitrogens with one attached hydrogen (secondary N) is 1. The van der Waals surface area contributed by atoms with Crippen LogP contribution in [0.2, 0.25) is 0 Å². The lowest BCUT2D eigenvalue weighted by Crippen LogP contribution is -2.24. The Hall–Kier alpha value is -1.60. The second-order valence-electron chi connectivity index (χ2n) is 5.97. The molecule has 2 aromatic rings. The van der Waals surface area contributed by atoms with Gasteiger partial charge in [0.1, 0.15) is 0 Å². The molecule has 0 aliphatic carbocycles. The van der Waals surface area contributed by atoms with Gasteiger partial charge in [-0.25, -0.2) is 0 Å². The summed E-state index contributed by atoms with van der Waals surface area (Å²) in [5.41, 5.74) is 8.47. The molecule has 1 nitrogen and oxygen atoms in total. The van der Waals surface area contributed by atoms with Gasteiger partial charge in [-0.15, -0.1) is 0 Å². The van der Waals surface area contributed by atoms with E-state index < -0.39 is 0 Å². The van der Waals surface area contributed by atoms with Crippen molar-refractivity contribution in [3.05, 3.63) is 69.8 Å². The summed E-state index contributed by atoms with van der Waals surface area (Å²) in [5, 5.41) is 3.67. The number of aryl methyl sites for hydroxylation is 3. The number of hydrogen-bond donors (Lipinski definition) is 1. The maximum atomic E-state index is 3.67. The van der Waals surface area contributed by atoms with E-state index in [-0.39, 0.29) is 0 Å².